The summed E-state index contributed by atoms with van der Waals surface area (Å²) in [5.41, 5.74) is 0. The second-order valence-corrected chi connectivity index (χ2v) is 3.58. The Kier molecular flexibility index (Phi) is 2.91. The van der Waals surface area contributed by atoms with Gasteiger partial charge in [-0.25, -0.2) is 0 Å². The number of rotatable bonds is 3. The average molecular weight is 224 g/mol. The number of nitrogens with zero attached hydrogens (tertiary/aromatic N) is 4. The molecule has 0 saturated carbocycles. The number of hydrogen-bond donors (Lipinski definition) is 2. The number of nitrogens with one attached hydrogen (secondary N) is 2. The van der Waals surface area contributed by atoms with Gasteiger partial charge in [-0.2, -0.15) is 4.80 Å². The molecule has 2 heterocycles. The van der Waals surface area contributed by atoms with E-state index in [9.17, 15) is 9.59 Å². The van der Waals surface area contributed by atoms with E-state index in [0.29, 0.717) is 25.2 Å². The highest BCUT2D eigenvalue weighted by molar-refractivity contribution is 6.00. The fraction of sp³-hybridized carbons (Fsp3) is 0.625. The Hall–Kier alpha value is -1.83. The lowest BCUT2D eigenvalue weighted by Crippen LogP contribution is -2.50. The number of amides is 2. The van der Waals surface area contributed by atoms with E-state index < -0.39 is 0 Å². The smallest absolute Gasteiger partial charge is 0.243 e. The van der Waals surface area contributed by atoms with Crippen molar-refractivity contribution in [1.82, 2.24) is 30.8 Å². The number of imide groups is 1. The summed E-state index contributed by atoms with van der Waals surface area (Å²) in [6.07, 6.45) is 0.863. The van der Waals surface area contributed by atoms with Crippen molar-refractivity contribution >= 4 is 11.8 Å². The van der Waals surface area contributed by atoms with E-state index in [-0.39, 0.29) is 17.9 Å². The van der Waals surface area contributed by atoms with E-state index >= 15 is 0 Å². The van der Waals surface area contributed by atoms with Gasteiger partial charge in [0.2, 0.25) is 11.8 Å². The van der Waals surface area contributed by atoms with Crippen molar-refractivity contribution in [2.45, 2.75) is 25.4 Å². The summed E-state index contributed by atoms with van der Waals surface area (Å²) in [7, 11) is 1.67. The van der Waals surface area contributed by atoms with E-state index in [1.165, 1.54) is 4.80 Å². The molecule has 8 heteroatoms. The lowest BCUT2D eigenvalue weighted by Gasteiger charge is -2.20. The maximum atomic E-state index is 11.4. The quantitative estimate of drug-likeness (QED) is 0.582. The van der Waals surface area contributed by atoms with Crippen LogP contribution in [0.3, 0.4) is 0 Å². The summed E-state index contributed by atoms with van der Waals surface area (Å²) >= 11 is 0. The zero-order valence-corrected chi connectivity index (χ0v) is 8.80. The number of piperidine rings is 1. The van der Waals surface area contributed by atoms with Crippen LogP contribution in [0, 0.1) is 0 Å². The number of tetrazole rings is 1. The molecule has 0 radical (unpaired) electrons. The summed E-state index contributed by atoms with van der Waals surface area (Å²) in [5, 5.41) is 16.7. The van der Waals surface area contributed by atoms with Crippen LogP contribution in [0.4, 0.5) is 0 Å². The fourth-order valence-corrected chi connectivity index (χ4v) is 1.50. The molecule has 2 rings (SSSR count). The first-order valence-electron chi connectivity index (χ1n) is 4.95. The van der Waals surface area contributed by atoms with Crippen molar-refractivity contribution in [1.29, 1.82) is 0 Å². The van der Waals surface area contributed by atoms with Gasteiger partial charge in [0, 0.05) is 6.42 Å². The third-order valence-corrected chi connectivity index (χ3v) is 2.30. The number of carbonyl (C=O) groups is 2. The minimum atomic E-state index is -0.360. The van der Waals surface area contributed by atoms with Crippen molar-refractivity contribution in [3.63, 3.8) is 0 Å². The van der Waals surface area contributed by atoms with Gasteiger partial charge in [-0.05, 0) is 11.6 Å². The molecular formula is C8H12N6O2. The molecule has 1 aromatic heterocycles. The molecule has 1 atom stereocenters. The third kappa shape index (κ3) is 2.40. The minimum Gasteiger partial charge on any atom is -0.299 e. The first-order chi connectivity index (χ1) is 7.65. The molecule has 0 unspecified atom stereocenters. The summed E-state index contributed by atoms with van der Waals surface area (Å²) < 4.78 is 0. The molecule has 2 amide bonds. The molecule has 0 spiro atoms. The van der Waals surface area contributed by atoms with Crippen LogP contribution < -0.4 is 10.6 Å². The standard InChI is InChI=1S/C8H12N6O2/c1-14-12-6(11-13-14)4-9-5-2-3-7(15)10-8(5)16/h5,9H,2-4H2,1H3,(H,10,15,16)/t5-/m1/s1. The molecule has 0 bridgehead atoms. The van der Waals surface area contributed by atoms with E-state index in [2.05, 4.69) is 26.0 Å². The van der Waals surface area contributed by atoms with E-state index in [0.717, 1.165) is 0 Å². The molecule has 1 saturated heterocycles. The Morgan fingerprint density at radius 2 is 2.38 bits per heavy atom. The molecule has 1 aliphatic heterocycles. The van der Waals surface area contributed by atoms with Gasteiger partial charge < -0.3 is 0 Å². The molecule has 86 valence electrons. The first-order valence-corrected chi connectivity index (χ1v) is 4.95. The fourth-order valence-electron chi connectivity index (χ4n) is 1.50. The Labute approximate surface area is 91.4 Å². The van der Waals surface area contributed by atoms with Crippen molar-refractivity contribution in [3.8, 4) is 0 Å². The molecular weight excluding hydrogens is 212 g/mol. The van der Waals surface area contributed by atoms with E-state index in [1.54, 1.807) is 7.05 Å². The lowest BCUT2D eigenvalue weighted by atomic mass is 10.1. The SMILES string of the molecule is Cn1nnc(CN[C@@H]2CCC(=O)NC2=O)n1. The van der Waals surface area contributed by atoms with Gasteiger partial charge in [-0.15, -0.1) is 10.2 Å². The maximum absolute atomic E-state index is 11.4. The molecule has 0 aromatic carbocycles. The topological polar surface area (TPSA) is 102 Å². The predicted octanol–water partition coefficient (Wildman–Crippen LogP) is -1.90. The lowest BCUT2D eigenvalue weighted by molar-refractivity contribution is -0.134. The van der Waals surface area contributed by atoms with Crippen molar-refractivity contribution in [2.75, 3.05) is 0 Å². The van der Waals surface area contributed by atoms with Crippen LogP contribution in [0.5, 0.6) is 0 Å². The van der Waals surface area contributed by atoms with Crippen LogP contribution in [-0.2, 0) is 23.2 Å². The highest BCUT2D eigenvalue weighted by Crippen LogP contribution is 2.04. The number of carbonyl (C=O) groups excluding carboxylic acids is 2. The molecule has 8 nitrogen and oxygen atoms in total. The van der Waals surface area contributed by atoms with Crippen LogP contribution in [0.1, 0.15) is 18.7 Å². The first kappa shape index (κ1) is 10.7. The zero-order chi connectivity index (χ0) is 11.5. The Balaban J connectivity index is 1.86. The largest absolute Gasteiger partial charge is 0.299 e. The van der Waals surface area contributed by atoms with Crippen LogP contribution >= 0.6 is 0 Å². The number of aromatic nitrogens is 4. The summed E-state index contributed by atoms with van der Waals surface area (Å²) in [6.45, 7) is 0.361. The minimum absolute atomic E-state index is 0.222. The highest BCUT2D eigenvalue weighted by Gasteiger charge is 2.26. The normalized spacial score (nSPS) is 20.9. The summed E-state index contributed by atoms with van der Waals surface area (Å²) in [5.74, 6) is 0.00742. The molecule has 16 heavy (non-hydrogen) atoms. The molecule has 1 aromatic rings. The predicted molar refractivity (Wildman–Crippen MR) is 51.8 cm³/mol. The third-order valence-electron chi connectivity index (χ3n) is 2.30. The van der Waals surface area contributed by atoms with Gasteiger partial charge in [0.25, 0.3) is 0 Å². The zero-order valence-electron chi connectivity index (χ0n) is 8.80. The van der Waals surface area contributed by atoms with Crippen LogP contribution in [-0.4, -0.2) is 38.1 Å². The van der Waals surface area contributed by atoms with Crippen LogP contribution in [0.2, 0.25) is 0 Å². The van der Waals surface area contributed by atoms with Crippen LogP contribution in [0.15, 0.2) is 0 Å². The molecule has 2 N–H and O–H groups in total. The van der Waals surface area contributed by atoms with Gasteiger partial charge in [-0.3, -0.25) is 20.2 Å². The van der Waals surface area contributed by atoms with Crippen LogP contribution in [0.25, 0.3) is 0 Å². The molecule has 1 aliphatic rings. The number of hydrogen-bond acceptors (Lipinski definition) is 6. The van der Waals surface area contributed by atoms with Gasteiger partial charge in [-0.1, -0.05) is 0 Å². The highest BCUT2D eigenvalue weighted by atomic mass is 16.2. The Bertz CT molecular complexity index is 414. The van der Waals surface area contributed by atoms with Gasteiger partial charge in [0.05, 0.1) is 19.6 Å². The summed E-state index contributed by atoms with van der Waals surface area (Å²) in [4.78, 5) is 23.6. The van der Waals surface area contributed by atoms with Crippen molar-refractivity contribution in [2.24, 2.45) is 7.05 Å². The second-order valence-electron chi connectivity index (χ2n) is 3.58. The Morgan fingerprint density at radius 1 is 1.56 bits per heavy atom. The van der Waals surface area contributed by atoms with Gasteiger partial charge >= 0.3 is 0 Å². The van der Waals surface area contributed by atoms with Crippen molar-refractivity contribution < 1.29 is 9.59 Å². The maximum Gasteiger partial charge on any atom is 0.243 e. The van der Waals surface area contributed by atoms with Gasteiger partial charge in [0.1, 0.15) is 0 Å². The molecule has 1 fully saturated rings. The van der Waals surface area contributed by atoms with E-state index in [1.807, 2.05) is 0 Å². The summed E-state index contributed by atoms with van der Waals surface area (Å²) in [6, 6.07) is -0.360. The monoisotopic (exact) mass is 224 g/mol. The van der Waals surface area contributed by atoms with Crippen molar-refractivity contribution in [3.05, 3.63) is 5.82 Å². The number of aryl methyl sites for hydroxylation is 1. The molecule has 0 aliphatic carbocycles. The average Bonchev–Trinajstić information content (AvgIpc) is 2.63. The second kappa shape index (κ2) is 4.35. The Morgan fingerprint density at radius 3 is 3.00 bits per heavy atom. The van der Waals surface area contributed by atoms with Gasteiger partial charge in [0.15, 0.2) is 5.82 Å². The van der Waals surface area contributed by atoms with E-state index in [4.69, 9.17) is 0 Å².